The fourth-order valence-corrected chi connectivity index (χ4v) is 2.28. The number of carbonyl (C=O) groups is 1. The summed E-state index contributed by atoms with van der Waals surface area (Å²) in [6.45, 7) is 7.32. The second-order valence-electron chi connectivity index (χ2n) is 4.31. The van der Waals surface area contributed by atoms with Gasteiger partial charge in [-0.15, -0.1) is 6.58 Å². The van der Waals surface area contributed by atoms with Gasteiger partial charge in [-0.05, 0) is 6.42 Å². The molecule has 0 aliphatic carbocycles. The predicted octanol–water partition coefficient (Wildman–Crippen LogP) is 0.189. The lowest BCUT2D eigenvalue weighted by molar-refractivity contribution is -0.148. The van der Waals surface area contributed by atoms with Gasteiger partial charge in [-0.3, -0.25) is 0 Å². The topological polar surface area (TPSA) is 65.0 Å². The number of hydrogen-bond acceptors (Lipinski definition) is 5. The van der Waals surface area contributed by atoms with Crippen molar-refractivity contribution in [3.63, 3.8) is 0 Å². The standard InChI is InChI=1S/C12H16O5/c1-3-5-12(14)7-16-10-8(6-15-11(10)12)17-9(13)4-2/h3-4,8,10-11,14H,1-2,5-7H2/t8-,10+,11-,12+/m0/s1. The molecule has 2 rings (SSSR count). The number of aliphatic hydroxyl groups is 1. The molecule has 0 spiro atoms. The largest absolute Gasteiger partial charge is 0.454 e. The fourth-order valence-electron chi connectivity index (χ4n) is 2.28. The van der Waals surface area contributed by atoms with Crippen LogP contribution in [-0.4, -0.2) is 48.2 Å². The second kappa shape index (κ2) is 4.60. The summed E-state index contributed by atoms with van der Waals surface area (Å²) in [6.07, 6.45) is 1.74. The molecule has 4 atom stereocenters. The summed E-state index contributed by atoms with van der Waals surface area (Å²) in [5.41, 5.74) is -1.07. The van der Waals surface area contributed by atoms with Crippen molar-refractivity contribution in [1.29, 1.82) is 0 Å². The molecule has 5 nitrogen and oxygen atoms in total. The van der Waals surface area contributed by atoms with Crippen LogP contribution in [0, 0.1) is 0 Å². The summed E-state index contributed by atoms with van der Waals surface area (Å²) in [6, 6.07) is 0. The average Bonchev–Trinajstić information content (AvgIpc) is 2.83. The molecule has 0 radical (unpaired) electrons. The maximum atomic E-state index is 11.1. The van der Waals surface area contributed by atoms with Crippen LogP contribution in [0.5, 0.6) is 0 Å². The van der Waals surface area contributed by atoms with E-state index >= 15 is 0 Å². The van der Waals surface area contributed by atoms with E-state index in [-0.39, 0.29) is 13.2 Å². The third kappa shape index (κ3) is 2.13. The molecule has 0 amide bonds. The third-order valence-corrected chi connectivity index (χ3v) is 3.09. The molecule has 0 saturated carbocycles. The quantitative estimate of drug-likeness (QED) is 0.431. The minimum atomic E-state index is -1.07. The van der Waals surface area contributed by atoms with Gasteiger partial charge in [0.25, 0.3) is 0 Å². The molecule has 2 heterocycles. The van der Waals surface area contributed by atoms with Gasteiger partial charge in [0.2, 0.25) is 0 Å². The summed E-state index contributed by atoms with van der Waals surface area (Å²) >= 11 is 0. The van der Waals surface area contributed by atoms with Gasteiger partial charge in [0.1, 0.15) is 17.8 Å². The van der Waals surface area contributed by atoms with E-state index in [1.165, 1.54) is 0 Å². The summed E-state index contributed by atoms with van der Waals surface area (Å²) in [5.74, 6) is -0.512. The van der Waals surface area contributed by atoms with Crippen LogP contribution in [0.15, 0.2) is 25.3 Å². The van der Waals surface area contributed by atoms with Gasteiger partial charge >= 0.3 is 5.97 Å². The molecule has 1 N–H and O–H groups in total. The van der Waals surface area contributed by atoms with Crippen LogP contribution in [0.4, 0.5) is 0 Å². The highest BCUT2D eigenvalue weighted by atomic mass is 16.6. The monoisotopic (exact) mass is 240 g/mol. The van der Waals surface area contributed by atoms with E-state index in [0.29, 0.717) is 6.42 Å². The SMILES string of the molecule is C=CC[C@@]1(O)CO[C@@H]2[C@@H](OC(=O)C=C)CO[C@@H]21. The van der Waals surface area contributed by atoms with Crippen LogP contribution >= 0.6 is 0 Å². The molecule has 2 saturated heterocycles. The summed E-state index contributed by atoms with van der Waals surface area (Å²) in [5, 5.41) is 10.3. The van der Waals surface area contributed by atoms with Crippen molar-refractivity contribution in [2.75, 3.05) is 13.2 Å². The van der Waals surface area contributed by atoms with Gasteiger partial charge in [0, 0.05) is 6.08 Å². The minimum Gasteiger partial charge on any atom is -0.454 e. The first-order valence-corrected chi connectivity index (χ1v) is 5.50. The predicted molar refractivity (Wildman–Crippen MR) is 59.3 cm³/mol. The second-order valence-corrected chi connectivity index (χ2v) is 4.31. The highest BCUT2D eigenvalue weighted by Crippen LogP contribution is 2.37. The van der Waals surface area contributed by atoms with Crippen LogP contribution in [0.3, 0.4) is 0 Å². The lowest BCUT2D eigenvalue weighted by Gasteiger charge is -2.24. The van der Waals surface area contributed by atoms with E-state index in [4.69, 9.17) is 14.2 Å². The van der Waals surface area contributed by atoms with Gasteiger partial charge in [-0.25, -0.2) is 4.79 Å². The van der Waals surface area contributed by atoms with Crippen molar-refractivity contribution < 1.29 is 24.1 Å². The highest BCUT2D eigenvalue weighted by Gasteiger charge is 2.56. The zero-order chi connectivity index (χ0) is 12.5. The van der Waals surface area contributed by atoms with Crippen LogP contribution in [0.25, 0.3) is 0 Å². The van der Waals surface area contributed by atoms with Crippen molar-refractivity contribution in [3.05, 3.63) is 25.3 Å². The Labute approximate surface area is 99.7 Å². The van der Waals surface area contributed by atoms with Crippen LogP contribution in [0.1, 0.15) is 6.42 Å². The highest BCUT2D eigenvalue weighted by molar-refractivity contribution is 5.81. The number of rotatable bonds is 4. The van der Waals surface area contributed by atoms with E-state index in [2.05, 4.69) is 13.2 Å². The van der Waals surface area contributed by atoms with Crippen molar-refractivity contribution in [3.8, 4) is 0 Å². The molecule has 2 aliphatic rings. The summed E-state index contributed by atoms with van der Waals surface area (Å²) < 4.78 is 16.0. The van der Waals surface area contributed by atoms with Crippen molar-refractivity contribution in [2.24, 2.45) is 0 Å². The van der Waals surface area contributed by atoms with E-state index in [0.717, 1.165) is 6.08 Å². The molecule has 0 aromatic carbocycles. The van der Waals surface area contributed by atoms with E-state index in [1.807, 2.05) is 0 Å². The fraction of sp³-hybridized carbons (Fsp3) is 0.583. The van der Waals surface area contributed by atoms with Crippen LogP contribution in [-0.2, 0) is 19.0 Å². The first-order valence-electron chi connectivity index (χ1n) is 5.50. The Hall–Kier alpha value is -1.17. The normalized spacial score (nSPS) is 39.7. The average molecular weight is 240 g/mol. The first kappa shape index (κ1) is 12.3. The number of ether oxygens (including phenoxy) is 3. The number of esters is 1. The zero-order valence-corrected chi connectivity index (χ0v) is 9.50. The van der Waals surface area contributed by atoms with Crippen LogP contribution in [0.2, 0.25) is 0 Å². The molecule has 2 aliphatic heterocycles. The molecule has 2 fully saturated rings. The number of fused-ring (bicyclic) bond motifs is 1. The third-order valence-electron chi connectivity index (χ3n) is 3.09. The van der Waals surface area contributed by atoms with Gasteiger partial charge in [0.15, 0.2) is 6.10 Å². The summed E-state index contributed by atoms with van der Waals surface area (Å²) in [7, 11) is 0. The van der Waals surface area contributed by atoms with E-state index in [1.54, 1.807) is 6.08 Å². The maximum Gasteiger partial charge on any atom is 0.330 e. The number of hydrogen-bond donors (Lipinski definition) is 1. The van der Waals surface area contributed by atoms with E-state index in [9.17, 15) is 9.90 Å². The van der Waals surface area contributed by atoms with Gasteiger partial charge in [-0.1, -0.05) is 12.7 Å². The Morgan fingerprint density at radius 2 is 2.29 bits per heavy atom. The molecule has 0 aromatic heterocycles. The lowest BCUT2D eigenvalue weighted by atomic mass is 9.93. The smallest absolute Gasteiger partial charge is 0.330 e. The molecule has 94 valence electrons. The van der Waals surface area contributed by atoms with Crippen molar-refractivity contribution >= 4 is 5.97 Å². The molecule has 5 heteroatoms. The van der Waals surface area contributed by atoms with Crippen LogP contribution < -0.4 is 0 Å². The lowest BCUT2D eigenvalue weighted by Crippen LogP contribution is -2.43. The van der Waals surface area contributed by atoms with Gasteiger partial charge in [-0.2, -0.15) is 0 Å². The number of carbonyl (C=O) groups excluding carboxylic acids is 1. The Balaban J connectivity index is 2.04. The van der Waals surface area contributed by atoms with Crippen molar-refractivity contribution in [2.45, 2.75) is 30.3 Å². The summed E-state index contributed by atoms with van der Waals surface area (Å²) in [4.78, 5) is 11.1. The van der Waals surface area contributed by atoms with E-state index < -0.39 is 29.9 Å². The minimum absolute atomic E-state index is 0.163. The zero-order valence-electron chi connectivity index (χ0n) is 9.50. The Morgan fingerprint density at radius 3 is 2.94 bits per heavy atom. The maximum absolute atomic E-state index is 11.1. The Kier molecular flexibility index (Phi) is 3.33. The van der Waals surface area contributed by atoms with Gasteiger partial charge in [0.05, 0.1) is 13.2 Å². The first-order chi connectivity index (χ1) is 8.10. The Bertz CT molecular complexity index is 340. The van der Waals surface area contributed by atoms with Crippen molar-refractivity contribution in [1.82, 2.24) is 0 Å². The molecule has 0 aromatic rings. The Morgan fingerprint density at radius 1 is 1.53 bits per heavy atom. The molecule has 17 heavy (non-hydrogen) atoms. The van der Waals surface area contributed by atoms with Gasteiger partial charge < -0.3 is 19.3 Å². The molecular formula is C12H16O5. The molecular weight excluding hydrogens is 224 g/mol. The molecule has 0 bridgehead atoms. The molecule has 0 unspecified atom stereocenters.